The summed E-state index contributed by atoms with van der Waals surface area (Å²) in [5.41, 5.74) is 3.02. The standard InChI is InChI=1S/C32H30N2O4/c35-31-27-15-7-10-18-30(27)38-22-26(20-24-13-5-2-6-14-24)34-32(36)28-16-8-9-17-29(28)37-21-25(33-31)19-23-11-3-1-4-12-23/h1-18,25-26H,19-22H2,(H,33,35)(H,34,36)/t25-,26-/m0/s1. The highest BCUT2D eigenvalue weighted by Crippen LogP contribution is 2.22. The van der Waals surface area contributed by atoms with E-state index in [2.05, 4.69) is 10.6 Å². The molecule has 0 bridgehead atoms. The van der Waals surface area contributed by atoms with Gasteiger partial charge in [0.2, 0.25) is 0 Å². The number of fused-ring (bicyclic) bond motifs is 2. The molecule has 192 valence electrons. The second-order valence-electron chi connectivity index (χ2n) is 9.33. The molecule has 5 rings (SSSR count). The summed E-state index contributed by atoms with van der Waals surface area (Å²) in [5.74, 6) is 0.460. The first kappa shape index (κ1) is 25.1. The smallest absolute Gasteiger partial charge is 0.255 e. The summed E-state index contributed by atoms with van der Waals surface area (Å²) in [7, 11) is 0. The van der Waals surface area contributed by atoms with E-state index in [4.69, 9.17) is 9.47 Å². The number of hydrogen-bond acceptors (Lipinski definition) is 4. The zero-order valence-corrected chi connectivity index (χ0v) is 21.0. The molecule has 1 aliphatic rings. The summed E-state index contributed by atoms with van der Waals surface area (Å²) >= 11 is 0. The van der Waals surface area contributed by atoms with Crippen molar-refractivity contribution in [2.75, 3.05) is 13.2 Å². The van der Waals surface area contributed by atoms with E-state index in [9.17, 15) is 9.59 Å². The topological polar surface area (TPSA) is 76.7 Å². The molecule has 1 aliphatic heterocycles. The van der Waals surface area contributed by atoms with Gasteiger partial charge in [-0.05, 0) is 48.2 Å². The maximum Gasteiger partial charge on any atom is 0.255 e. The molecule has 0 saturated heterocycles. The van der Waals surface area contributed by atoms with Gasteiger partial charge < -0.3 is 20.1 Å². The van der Waals surface area contributed by atoms with E-state index in [1.165, 1.54) is 0 Å². The van der Waals surface area contributed by atoms with Gasteiger partial charge in [0.15, 0.2) is 0 Å². The molecule has 0 unspecified atom stereocenters. The Hall–Kier alpha value is -4.58. The van der Waals surface area contributed by atoms with Crippen LogP contribution in [-0.4, -0.2) is 37.1 Å². The van der Waals surface area contributed by atoms with Crippen molar-refractivity contribution >= 4 is 11.8 Å². The van der Waals surface area contributed by atoms with Crippen LogP contribution >= 0.6 is 0 Å². The maximum absolute atomic E-state index is 13.4. The predicted molar refractivity (Wildman–Crippen MR) is 147 cm³/mol. The SMILES string of the molecule is O=C1N[C@@H](Cc2ccccc2)COc2ccccc2C(=O)N[C@@H](Cc2ccccc2)COc2ccccc21. The van der Waals surface area contributed by atoms with Gasteiger partial charge in [0.25, 0.3) is 11.8 Å². The van der Waals surface area contributed by atoms with Crippen molar-refractivity contribution in [3.8, 4) is 11.5 Å². The van der Waals surface area contributed by atoms with Crippen molar-refractivity contribution in [2.45, 2.75) is 24.9 Å². The number of benzene rings is 4. The highest BCUT2D eigenvalue weighted by Gasteiger charge is 2.23. The molecule has 0 fully saturated rings. The van der Waals surface area contributed by atoms with Gasteiger partial charge in [0.1, 0.15) is 24.7 Å². The van der Waals surface area contributed by atoms with Crippen LogP contribution < -0.4 is 20.1 Å². The number of rotatable bonds is 4. The van der Waals surface area contributed by atoms with Crippen LogP contribution in [0, 0.1) is 0 Å². The summed E-state index contributed by atoms with van der Waals surface area (Å²) in [6.45, 7) is 0.392. The van der Waals surface area contributed by atoms with E-state index in [1.807, 2.05) is 84.9 Å². The van der Waals surface area contributed by atoms with Crippen molar-refractivity contribution in [3.63, 3.8) is 0 Å². The highest BCUT2D eigenvalue weighted by atomic mass is 16.5. The van der Waals surface area contributed by atoms with Gasteiger partial charge in [0, 0.05) is 0 Å². The summed E-state index contributed by atoms with van der Waals surface area (Å²) in [5, 5.41) is 6.25. The fraction of sp³-hybridized carbons (Fsp3) is 0.188. The normalized spacial score (nSPS) is 17.9. The van der Waals surface area contributed by atoms with Crippen LogP contribution in [0.5, 0.6) is 11.5 Å². The van der Waals surface area contributed by atoms with Crippen LogP contribution in [0.3, 0.4) is 0 Å². The van der Waals surface area contributed by atoms with E-state index >= 15 is 0 Å². The van der Waals surface area contributed by atoms with Crippen molar-refractivity contribution in [1.29, 1.82) is 0 Å². The van der Waals surface area contributed by atoms with Crippen LogP contribution in [-0.2, 0) is 12.8 Å². The van der Waals surface area contributed by atoms with E-state index < -0.39 is 0 Å². The molecule has 0 radical (unpaired) electrons. The van der Waals surface area contributed by atoms with Crippen molar-refractivity contribution < 1.29 is 19.1 Å². The molecule has 2 amide bonds. The summed E-state index contributed by atoms with van der Waals surface area (Å²) < 4.78 is 12.3. The number of nitrogens with one attached hydrogen (secondary N) is 2. The average Bonchev–Trinajstić information content (AvgIpc) is 2.95. The van der Waals surface area contributed by atoms with Crippen molar-refractivity contribution in [3.05, 3.63) is 131 Å². The van der Waals surface area contributed by atoms with Crippen LogP contribution in [0.4, 0.5) is 0 Å². The quantitative estimate of drug-likeness (QED) is 0.415. The van der Waals surface area contributed by atoms with Crippen molar-refractivity contribution in [1.82, 2.24) is 10.6 Å². The maximum atomic E-state index is 13.4. The first-order valence-corrected chi connectivity index (χ1v) is 12.8. The first-order valence-electron chi connectivity index (χ1n) is 12.8. The minimum absolute atomic E-state index is 0.196. The Morgan fingerprint density at radius 3 is 1.32 bits per heavy atom. The third kappa shape index (κ3) is 6.40. The highest BCUT2D eigenvalue weighted by molar-refractivity contribution is 5.98. The summed E-state index contributed by atoms with van der Waals surface area (Å²) in [6, 6.07) is 33.5. The van der Waals surface area contributed by atoms with Crippen LogP contribution in [0.15, 0.2) is 109 Å². The molecule has 4 aromatic carbocycles. The average molecular weight is 507 g/mol. The lowest BCUT2D eigenvalue weighted by Crippen LogP contribution is -2.43. The van der Waals surface area contributed by atoms with E-state index in [0.29, 0.717) is 35.5 Å². The minimum atomic E-state index is -0.331. The van der Waals surface area contributed by atoms with Gasteiger partial charge in [-0.1, -0.05) is 84.9 Å². The molecule has 6 nitrogen and oxygen atoms in total. The lowest BCUT2D eigenvalue weighted by atomic mass is 10.0. The Balaban J connectivity index is 1.47. The first-order chi connectivity index (χ1) is 18.7. The lowest BCUT2D eigenvalue weighted by molar-refractivity contribution is 0.0887. The van der Waals surface area contributed by atoms with E-state index in [0.717, 1.165) is 11.1 Å². The van der Waals surface area contributed by atoms with Gasteiger partial charge >= 0.3 is 0 Å². The fourth-order valence-electron chi connectivity index (χ4n) is 4.57. The summed E-state index contributed by atoms with van der Waals surface area (Å²) in [4.78, 5) is 26.9. The molecule has 2 N–H and O–H groups in total. The molecule has 4 aromatic rings. The van der Waals surface area contributed by atoms with Crippen LogP contribution in [0.1, 0.15) is 31.8 Å². The Bertz CT molecular complexity index is 1270. The largest absolute Gasteiger partial charge is 0.491 e. The van der Waals surface area contributed by atoms with Crippen LogP contribution in [0.2, 0.25) is 0 Å². The Morgan fingerprint density at radius 2 is 0.895 bits per heavy atom. The molecule has 0 spiro atoms. The number of amides is 2. The fourth-order valence-corrected chi connectivity index (χ4v) is 4.57. The monoisotopic (exact) mass is 506 g/mol. The zero-order valence-electron chi connectivity index (χ0n) is 21.0. The minimum Gasteiger partial charge on any atom is -0.491 e. The Labute approximate surface area is 222 Å². The van der Waals surface area contributed by atoms with Crippen LogP contribution in [0.25, 0.3) is 0 Å². The molecule has 2 atom stereocenters. The van der Waals surface area contributed by atoms with Gasteiger partial charge in [-0.2, -0.15) is 0 Å². The second-order valence-corrected chi connectivity index (χ2v) is 9.33. The molecule has 0 saturated carbocycles. The van der Waals surface area contributed by atoms with Gasteiger partial charge in [-0.15, -0.1) is 0 Å². The molecule has 1 heterocycles. The Kier molecular flexibility index (Phi) is 7.99. The van der Waals surface area contributed by atoms with Crippen molar-refractivity contribution in [2.24, 2.45) is 0 Å². The molecular weight excluding hydrogens is 476 g/mol. The summed E-state index contributed by atoms with van der Waals surface area (Å²) in [6.07, 6.45) is 1.15. The van der Waals surface area contributed by atoms with E-state index in [1.54, 1.807) is 24.3 Å². The predicted octanol–water partition coefficient (Wildman–Crippen LogP) is 4.84. The number of carbonyl (C=O) groups is 2. The van der Waals surface area contributed by atoms with Gasteiger partial charge in [-0.25, -0.2) is 0 Å². The Morgan fingerprint density at radius 1 is 0.526 bits per heavy atom. The van der Waals surface area contributed by atoms with Gasteiger partial charge in [0.05, 0.1) is 23.2 Å². The number of hydrogen-bond donors (Lipinski definition) is 2. The second kappa shape index (κ2) is 12.1. The molecule has 0 aliphatic carbocycles. The lowest BCUT2D eigenvalue weighted by Gasteiger charge is -2.24. The third-order valence-corrected chi connectivity index (χ3v) is 6.46. The zero-order chi connectivity index (χ0) is 26.2. The number of ether oxygens (including phenoxy) is 2. The molecule has 0 aromatic heterocycles. The van der Waals surface area contributed by atoms with E-state index in [-0.39, 0.29) is 37.1 Å². The number of carbonyl (C=O) groups excluding carboxylic acids is 2. The number of para-hydroxylation sites is 2. The molecular formula is C32H30N2O4. The molecule has 6 heteroatoms. The third-order valence-electron chi connectivity index (χ3n) is 6.46. The molecule has 38 heavy (non-hydrogen) atoms. The van der Waals surface area contributed by atoms with Gasteiger partial charge in [-0.3, -0.25) is 9.59 Å².